The van der Waals surface area contributed by atoms with E-state index in [0.29, 0.717) is 0 Å². The highest BCUT2D eigenvalue weighted by Gasteiger charge is 2.47. The lowest BCUT2D eigenvalue weighted by molar-refractivity contribution is 0.475. The van der Waals surface area contributed by atoms with Crippen molar-refractivity contribution in [2.75, 3.05) is 0 Å². The van der Waals surface area contributed by atoms with Crippen molar-refractivity contribution in [3.05, 3.63) is 125 Å². The molecule has 30 heavy (non-hydrogen) atoms. The van der Waals surface area contributed by atoms with Crippen molar-refractivity contribution in [2.24, 2.45) is 4.99 Å². The molecule has 0 unspecified atom stereocenters. The van der Waals surface area contributed by atoms with Crippen LogP contribution in [0.1, 0.15) is 27.8 Å². The lowest BCUT2D eigenvalue weighted by atomic mass is 9.66. The minimum Gasteiger partial charge on any atom is -0.508 e. The molecule has 0 radical (unpaired) electrons. The average molecular weight is 391 g/mol. The number of phenolic OH excluding ortho intramolecular Hbond substituents is 2. The number of phenols is 2. The van der Waals surface area contributed by atoms with Gasteiger partial charge >= 0.3 is 0 Å². The van der Waals surface area contributed by atoms with Gasteiger partial charge in [0.15, 0.2) is 0 Å². The standard InChI is InChI=1S/C27H21NO2/c1-18-6-8-19(9-7-18)26-27(20-10-14-22(29)15-11-20,21-12-16-23(30)17-13-21)24-4-2-3-5-25(24)28-26/h2-17,29-30H,1H3. The summed E-state index contributed by atoms with van der Waals surface area (Å²) in [6.07, 6.45) is 0. The van der Waals surface area contributed by atoms with Crippen molar-refractivity contribution in [1.82, 2.24) is 0 Å². The van der Waals surface area contributed by atoms with E-state index in [1.54, 1.807) is 24.3 Å². The van der Waals surface area contributed by atoms with Crippen molar-refractivity contribution in [2.45, 2.75) is 12.3 Å². The first kappa shape index (κ1) is 18.2. The summed E-state index contributed by atoms with van der Waals surface area (Å²) >= 11 is 0. The molecule has 0 spiro atoms. The summed E-state index contributed by atoms with van der Waals surface area (Å²) in [5.41, 5.74) is 6.53. The SMILES string of the molecule is Cc1ccc(C2=Nc3ccccc3C2(c2ccc(O)cc2)c2ccc(O)cc2)cc1. The maximum Gasteiger partial charge on any atom is 0.115 e. The molecular formula is C27H21NO2. The largest absolute Gasteiger partial charge is 0.508 e. The predicted molar refractivity (Wildman–Crippen MR) is 120 cm³/mol. The van der Waals surface area contributed by atoms with Crippen LogP contribution in [-0.4, -0.2) is 15.9 Å². The van der Waals surface area contributed by atoms with Crippen molar-refractivity contribution >= 4 is 11.4 Å². The highest BCUT2D eigenvalue weighted by atomic mass is 16.3. The van der Waals surface area contributed by atoms with Gasteiger partial charge in [0.05, 0.1) is 16.8 Å². The van der Waals surface area contributed by atoms with Gasteiger partial charge in [-0.1, -0.05) is 72.3 Å². The number of hydrogen-bond acceptors (Lipinski definition) is 3. The number of aromatic hydroxyl groups is 2. The number of hydrogen-bond donors (Lipinski definition) is 2. The summed E-state index contributed by atoms with van der Waals surface area (Å²) in [6, 6.07) is 31.2. The van der Waals surface area contributed by atoms with Crippen molar-refractivity contribution in [3.8, 4) is 11.5 Å². The Morgan fingerprint density at radius 3 is 1.73 bits per heavy atom. The van der Waals surface area contributed by atoms with Gasteiger partial charge in [-0.05, 0) is 59.5 Å². The van der Waals surface area contributed by atoms with E-state index >= 15 is 0 Å². The zero-order chi connectivity index (χ0) is 20.7. The maximum absolute atomic E-state index is 9.94. The molecule has 0 fully saturated rings. The molecule has 3 heteroatoms. The van der Waals surface area contributed by atoms with E-state index in [2.05, 4.69) is 37.3 Å². The predicted octanol–water partition coefficient (Wildman–Crippen LogP) is 5.88. The van der Waals surface area contributed by atoms with Gasteiger partial charge in [0.1, 0.15) is 11.5 Å². The number of para-hydroxylation sites is 1. The zero-order valence-electron chi connectivity index (χ0n) is 16.6. The van der Waals surface area contributed by atoms with Gasteiger partial charge in [-0.25, -0.2) is 0 Å². The molecule has 1 heterocycles. The van der Waals surface area contributed by atoms with Crippen molar-refractivity contribution in [3.63, 3.8) is 0 Å². The fourth-order valence-corrected chi connectivity index (χ4v) is 4.39. The Bertz CT molecular complexity index is 1190. The Labute approximate surface area is 175 Å². The second kappa shape index (κ2) is 6.89. The third kappa shape index (κ3) is 2.71. The van der Waals surface area contributed by atoms with Crippen LogP contribution < -0.4 is 0 Å². The van der Waals surface area contributed by atoms with Gasteiger partial charge in [-0.2, -0.15) is 0 Å². The molecule has 1 aliphatic heterocycles. The van der Waals surface area contributed by atoms with Gasteiger partial charge in [-0.15, -0.1) is 0 Å². The molecule has 0 amide bonds. The Kier molecular flexibility index (Phi) is 4.18. The van der Waals surface area contributed by atoms with Gasteiger partial charge in [0, 0.05) is 0 Å². The highest BCUT2D eigenvalue weighted by molar-refractivity contribution is 6.17. The third-order valence-corrected chi connectivity index (χ3v) is 5.82. The first-order valence-corrected chi connectivity index (χ1v) is 9.94. The molecular weight excluding hydrogens is 370 g/mol. The zero-order valence-corrected chi connectivity index (χ0v) is 16.6. The van der Waals surface area contributed by atoms with Crippen molar-refractivity contribution < 1.29 is 10.2 Å². The Morgan fingerprint density at radius 1 is 0.633 bits per heavy atom. The number of aliphatic imine (C=N–C) groups is 1. The van der Waals surface area contributed by atoms with E-state index in [1.807, 2.05) is 42.5 Å². The van der Waals surface area contributed by atoms with E-state index in [1.165, 1.54) is 5.56 Å². The molecule has 4 aromatic carbocycles. The van der Waals surface area contributed by atoms with E-state index in [0.717, 1.165) is 33.7 Å². The van der Waals surface area contributed by atoms with Crippen LogP contribution in [0.25, 0.3) is 0 Å². The monoisotopic (exact) mass is 391 g/mol. The molecule has 146 valence electrons. The number of nitrogens with zero attached hydrogens (tertiary/aromatic N) is 1. The Hall–Kier alpha value is -3.85. The number of fused-ring (bicyclic) bond motifs is 1. The molecule has 1 aliphatic rings. The number of aryl methyl sites for hydroxylation is 1. The number of benzene rings is 4. The van der Waals surface area contributed by atoms with Crippen LogP contribution in [-0.2, 0) is 5.41 Å². The highest BCUT2D eigenvalue weighted by Crippen LogP contribution is 2.51. The van der Waals surface area contributed by atoms with Crippen LogP contribution in [0.4, 0.5) is 5.69 Å². The van der Waals surface area contributed by atoms with Gasteiger partial charge in [0.25, 0.3) is 0 Å². The fraction of sp³-hybridized carbons (Fsp3) is 0.0741. The molecule has 0 aliphatic carbocycles. The van der Waals surface area contributed by atoms with Gasteiger partial charge < -0.3 is 10.2 Å². The molecule has 4 aromatic rings. The van der Waals surface area contributed by atoms with Crippen LogP contribution >= 0.6 is 0 Å². The summed E-state index contributed by atoms with van der Waals surface area (Å²) in [6.45, 7) is 2.07. The quantitative estimate of drug-likeness (QED) is 0.458. The maximum atomic E-state index is 9.94. The third-order valence-electron chi connectivity index (χ3n) is 5.82. The normalized spacial score (nSPS) is 14.2. The smallest absolute Gasteiger partial charge is 0.115 e. The fourth-order valence-electron chi connectivity index (χ4n) is 4.39. The van der Waals surface area contributed by atoms with Crippen LogP contribution in [0.15, 0.2) is 102 Å². The second-order valence-electron chi connectivity index (χ2n) is 7.69. The molecule has 5 rings (SSSR count). The van der Waals surface area contributed by atoms with E-state index in [4.69, 9.17) is 4.99 Å². The molecule has 0 saturated carbocycles. The van der Waals surface area contributed by atoms with E-state index in [-0.39, 0.29) is 11.5 Å². The number of rotatable bonds is 3. The summed E-state index contributed by atoms with van der Waals surface area (Å²) in [4.78, 5) is 5.09. The first-order valence-electron chi connectivity index (χ1n) is 9.94. The van der Waals surface area contributed by atoms with Gasteiger partial charge in [-0.3, -0.25) is 4.99 Å². The minimum atomic E-state index is -0.659. The van der Waals surface area contributed by atoms with Crippen LogP contribution in [0.5, 0.6) is 11.5 Å². The van der Waals surface area contributed by atoms with Crippen molar-refractivity contribution in [1.29, 1.82) is 0 Å². The topological polar surface area (TPSA) is 52.8 Å². The summed E-state index contributed by atoms with van der Waals surface area (Å²) in [7, 11) is 0. The van der Waals surface area contributed by atoms with Crippen LogP contribution in [0.3, 0.4) is 0 Å². The summed E-state index contributed by atoms with van der Waals surface area (Å²) in [5, 5.41) is 19.9. The molecule has 2 N–H and O–H groups in total. The molecule has 0 aromatic heterocycles. The Morgan fingerprint density at radius 2 is 1.17 bits per heavy atom. The molecule has 0 bridgehead atoms. The average Bonchev–Trinajstić information content (AvgIpc) is 3.11. The first-order chi connectivity index (χ1) is 14.6. The Balaban J connectivity index is 1.88. The minimum absolute atomic E-state index is 0.222. The van der Waals surface area contributed by atoms with Gasteiger partial charge in [0.2, 0.25) is 0 Å². The van der Waals surface area contributed by atoms with E-state index < -0.39 is 5.41 Å². The second-order valence-corrected chi connectivity index (χ2v) is 7.69. The molecule has 0 saturated heterocycles. The van der Waals surface area contributed by atoms with Crippen LogP contribution in [0.2, 0.25) is 0 Å². The summed E-state index contributed by atoms with van der Waals surface area (Å²) in [5.74, 6) is 0.444. The summed E-state index contributed by atoms with van der Waals surface area (Å²) < 4.78 is 0. The lowest BCUT2D eigenvalue weighted by Gasteiger charge is -2.34. The molecule has 3 nitrogen and oxygen atoms in total. The van der Waals surface area contributed by atoms with E-state index in [9.17, 15) is 10.2 Å². The lowest BCUT2D eigenvalue weighted by Crippen LogP contribution is -2.36. The molecule has 0 atom stereocenters. The van der Waals surface area contributed by atoms with Crippen LogP contribution in [0, 0.1) is 6.92 Å².